The van der Waals surface area contributed by atoms with Crippen molar-refractivity contribution in [2.24, 2.45) is 0 Å². The predicted molar refractivity (Wildman–Crippen MR) is 134 cm³/mol. The van der Waals surface area contributed by atoms with Gasteiger partial charge in [0.2, 0.25) is 0 Å². The first kappa shape index (κ1) is 24.0. The standard InChI is InChI=1S/C26H21BrFNO4S/c1-16-4-3-5-18(10-16)14-29-25(30)23(34-26(29)31)13-19-11-21(27)24(22(12-19)32-2)33-15-17-6-8-20(28)9-7-17/h3-13H,14-15H2,1-2H3/b23-13+. The quantitative estimate of drug-likeness (QED) is 0.310. The van der Waals surface area contributed by atoms with Crippen molar-refractivity contribution in [1.29, 1.82) is 0 Å². The van der Waals surface area contributed by atoms with Crippen LogP contribution in [0, 0.1) is 12.7 Å². The molecule has 0 bridgehead atoms. The highest BCUT2D eigenvalue weighted by Crippen LogP contribution is 2.39. The molecule has 0 N–H and O–H groups in total. The Labute approximate surface area is 209 Å². The molecule has 3 aromatic rings. The summed E-state index contributed by atoms with van der Waals surface area (Å²) in [5, 5.41) is -0.303. The Morgan fingerprint density at radius 3 is 2.53 bits per heavy atom. The molecular formula is C26H21BrFNO4S. The molecule has 1 aliphatic heterocycles. The molecule has 0 spiro atoms. The molecule has 0 aromatic heterocycles. The van der Waals surface area contributed by atoms with E-state index in [2.05, 4.69) is 15.9 Å². The Bertz CT molecular complexity index is 1280. The second-order valence-electron chi connectivity index (χ2n) is 7.71. The number of nitrogens with zero attached hydrogens (tertiary/aromatic N) is 1. The van der Waals surface area contributed by atoms with Crippen molar-refractivity contribution in [3.05, 3.63) is 98.1 Å². The lowest BCUT2D eigenvalue weighted by Crippen LogP contribution is -2.27. The van der Waals surface area contributed by atoms with Gasteiger partial charge in [-0.2, -0.15) is 0 Å². The molecule has 34 heavy (non-hydrogen) atoms. The van der Waals surface area contributed by atoms with Gasteiger partial charge in [-0.1, -0.05) is 42.0 Å². The molecule has 0 radical (unpaired) electrons. The number of imide groups is 1. The molecule has 4 rings (SSSR count). The third-order valence-electron chi connectivity index (χ3n) is 5.14. The lowest BCUT2D eigenvalue weighted by atomic mass is 10.1. The van der Waals surface area contributed by atoms with Crippen LogP contribution in [0.15, 0.2) is 70.0 Å². The SMILES string of the molecule is COc1cc(/C=C2/SC(=O)N(Cc3cccc(C)c3)C2=O)cc(Br)c1OCc1ccc(F)cc1. The summed E-state index contributed by atoms with van der Waals surface area (Å²) in [6.45, 7) is 2.43. The fraction of sp³-hybridized carbons (Fsp3) is 0.154. The van der Waals surface area contributed by atoms with Crippen molar-refractivity contribution in [1.82, 2.24) is 4.90 Å². The lowest BCUT2D eigenvalue weighted by Gasteiger charge is -2.14. The summed E-state index contributed by atoms with van der Waals surface area (Å²) in [4.78, 5) is 27.0. The number of amides is 2. The number of rotatable bonds is 7. The number of carbonyl (C=O) groups excluding carboxylic acids is 2. The van der Waals surface area contributed by atoms with Crippen molar-refractivity contribution in [3.63, 3.8) is 0 Å². The van der Waals surface area contributed by atoms with Gasteiger partial charge >= 0.3 is 0 Å². The molecule has 3 aromatic carbocycles. The number of hydrogen-bond donors (Lipinski definition) is 0. The number of benzene rings is 3. The Morgan fingerprint density at radius 1 is 1.06 bits per heavy atom. The number of ether oxygens (including phenoxy) is 2. The zero-order chi connectivity index (χ0) is 24.2. The van der Waals surface area contributed by atoms with E-state index in [-0.39, 0.29) is 30.1 Å². The van der Waals surface area contributed by atoms with Gasteiger partial charge in [0.05, 0.1) is 23.0 Å². The highest BCUT2D eigenvalue weighted by atomic mass is 79.9. The van der Waals surface area contributed by atoms with Gasteiger partial charge in [-0.3, -0.25) is 14.5 Å². The van der Waals surface area contributed by atoms with Gasteiger partial charge in [-0.25, -0.2) is 4.39 Å². The van der Waals surface area contributed by atoms with Crippen LogP contribution in [0.1, 0.15) is 22.3 Å². The molecule has 0 aliphatic carbocycles. The van der Waals surface area contributed by atoms with Crippen LogP contribution in [-0.4, -0.2) is 23.2 Å². The topological polar surface area (TPSA) is 55.8 Å². The van der Waals surface area contributed by atoms with Gasteiger partial charge in [0.25, 0.3) is 11.1 Å². The van der Waals surface area contributed by atoms with Gasteiger partial charge in [0.1, 0.15) is 12.4 Å². The number of thioether (sulfide) groups is 1. The number of aryl methyl sites for hydroxylation is 1. The number of methoxy groups -OCH3 is 1. The largest absolute Gasteiger partial charge is 0.493 e. The molecule has 1 heterocycles. The van der Waals surface area contributed by atoms with Crippen LogP contribution in [0.4, 0.5) is 9.18 Å². The van der Waals surface area contributed by atoms with E-state index in [1.807, 2.05) is 31.2 Å². The first-order valence-corrected chi connectivity index (χ1v) is 12.0. The van der Waals surface area contributed by atoms with Crippen molar-refractivity contribution < 1.29 is 23.5 Å². The second kappa shape index (κ2) is 10.4. The van der Waals surface area contributed by atoms with Crippen molar-refractivity contribution in [3.8, 4) is 11.5 Å². The van der Waals surface area contributed by atoms with Crippen LogP contribution in [0.2, 0.25) is 0 Å². The number of halogens is 2. The molecule has 1 aliphatic rings. The third-order valence-corrected chi connectivity index (χ3v) is 6.64. The minimum Gasteiger partial charge on any atom is -0.493 e. The van der Waals surface area contributed by atoms with Gasteiger partial charge in [-0.05, 0) is 81.6 Å². The summed E-state index contributed by atoms with van der Waals surface area (Å²) in [7, 11) is 1.52. The van der Waals surface area contributed by atoms with Gasteiger partial charge in [0.15, 0.2) is 11.5 Å². The van der Waals surface area contributed by atoms with E-state index >= 15 is 0 Å². The fourth-order valence-electron chi connectivity index (χ4n) is 3.48. The van der Waals surface area contributed by atoms with Gasteiger partial charge in [-0.15, -0.1) is 0 Å². The van der Waals surface area contributed by atoms with Crippen LogP contribution in [0.5, 0.6) is 11.5 Å². The second-order valence-corrected chi connectivity index (χ2v) is 9.55. The Kier molecular flexibility index (Phi) is 7.38. The molecule has 174 valence electrons. The van der Waals surface area contributed by atoms with E-state index in [9.17, 15) is 14.0 Å². The molecule has 0 unspecified atom stereocenters. The maximum atomic E-state index is 13.1. The zero-order valence-corrected chi connectivity index (χ0v) is 20.9. The Hall–Kier alpha value is -3.10. The summed E-state index contributed by atoms with van der Waals surface area (Å²) in [5.74, 6) is 0.302. The number of carbonyl (C=O) groups is 2. The Balaban J connectivity index is 1.53. The molecule has 5 nitrogen and oxygen atoms in total. The van der Waals surface area contributed by atoms with Crippen LogP contribution in [0.3, 0.4) is 0 Å². The highest BCUT2D eigenvalue weighted by molar-refractivity contribution is 9.10. The van der Waals surface area contributed by atoms with Crippen molar-refractivity contribution in [2.75, 3.05) is 7.11 Å². The van der Waals surface area contributed by atoms with Crippen LogP contribution in [-0.2, 0) is 17.9 Å². The van der Waals surface area contributed by atoms with E-state index in [1.54, 1.807) is 30.3 Å². The van der Waals surface area contributed by atoms with E-state index in [4.69, 9.17) is 9.47 Å². The van der Waals surface area contributed by atoms with Crippen LogP contribution < -0.4 is 9.47 Å². The molecule has 2 amide bonds. The summed E-state index contributed by atoms with van der Waals surface area (Å²) < 4.78 is 25.1. The average Bonchev–Trinajstić information content (AvgIpc) is 3.06. The number of hydrogen-bond acceptors (Lipinski definition) is 5. The van der Waals surface area contributed by atoms with Gasteiger partial charge in [0, 0.05) is 0 Å². The predicted octanol–water partition coefficient (Wildman–Crippen LogP) is 6.72. The van der Waals surface area contributed by atoms with Crippen LogP contribution >= 0.6 is 27.7 Å². The third kappa shape index (κ3) is 5.51. The first-order valence-electron chi connectivity index (χ1n) is 10.4. The average molecular weight is 542 g/mol. The first-order chi connectivity index (χ1) is 16.3. The van der Waals surface area contributed by atoms with Crippen molar-refractivity contribution >= 4 is 44.9 Å². The fourth-order valence-corrected chi connectivity index (χ4v) is 4.89. The smallest absolute Gasteiger partial charge is 0.293 e. The molecule has 8 heteroatoms. The van der Waals surface area contributed by atoms with E-state index in [0.717, 1.165) is 28.5 Å². The lowest BCUT2D eigenvalue weighted by molar-refractivity contribution is -0.123. The molecule has 0 atom stereocenters. The van der Waals surface area contributed by atoms with Crippen molar-refractivity contribution in [2.45, 2.75) is 20.1 Å². The molecule has 0 saturated carbocycles. The summed E-state index contributed by atoms with van der Waals surface area (Å²) >= 11 is 4.41. The summed E-state index contributed by atoms with van der Waals surface area (Å²) in [6, 6.07) is 17.3. The van der Waals surface area contributed by atoms with Gasteiger partial charge < -0.3 is 9.47 Å². The minimum absolute atomic E-state index is 0.229. The van der Waals surface area contributed by atoms with E-state index in [0.29, 0.717) is 26.4 Å². The van der Waals surface area contributed by atoms with E-state index < -0.39 is 0 Å². The van der Waals surface area contributed by atoms with E-state index in [1.165, 1.54) is 24.1 Å². The zero-order valence-electron chi connectivity index (χ0n) is 18.5. The molecule has 1 saturated heterocycles. The summed E-state index contributed by atoms with van der Waals surface area (Å²) in [5.41, 5.74) is 3.45. The maximum Gasteiger partial charge on any atom is 0.293 e. The normalized spacial score (nSPS) is 14.7. The minimum atomic E-state index is -0.330. The molecule has 1 fully saturated rings. The maximum absolute atomic E-state index is 13.1. The monoisotopic (exact) mass is 541 g/mol. The summed E-state index contributed by atoms with van der Waals surface area (Å²) in [6.07, 6.45) is 1.66. The molecular weight excluding hydrogens is 521 g/mol. The Morgan fingerprint density at radius 2 is 1.82 bits per heavy atom. The van der Waals surface area contributed by atoms with Crippen LogP contribution in [0.25, 0.3) is 6.08 Å². The highest BCUT2D eigenvalue weighted by Gasteiger charge is 2.35.